The lowest BCUT2D eigenvalue weighted by Gasteiger charge is -2.23. The van der Waals surface area contributed by atoms with Crippen molar-refractivity contribution >= 4 is 11.0 Å². The Hall–Kier alpha value is -1.32. The van der Waals surface area contributed by atoms with E-state index >= 15 is 0 Å². The van der Waals surface area contributed by atoms with Crippen LogP contribution in [0.4, 0.5) is 0 Å². The average molecular weight is 273 g/mol. The van der Waals surface area contributed by atoms with Crippen molar-refractivity contribution < 1.29 is 9.15 Å². The summed E-state index contributed by atoms with van der Waals surface area (Å²) < 4.78 is 11.6. The van der Waals surface area contributed by atoms with Gasteiger partial charge in [0.05, 0.1) is 12.1 Å². The topological polar surface area (TPSA) is 48.4 Å². The summed E-state index contributed by atoms with van der Waals surface area (Å²) in [4.78, 5) is 0. The summed E-state index contributed by atoms with van der Waals surface area (Å²) in [6.45, 7) is 3.00. The van der Waals surface area contributed by atoms with Gasteiger partial charge in [0, 0.05) is 12.0 Å². The number of hydrogen-bond donors (Lipinski definition) is 1. The molecule has 20 heavy (non-hydrogen) atoms. The standard InChI is InChI=1S/C17H23NO2/c1-12-5-8-16-13(10-12)11-17(20-16)15(18)7-6-14-4-2-3-9-19-14/h5,8,10-11,14-15H,2-4,6-7,9,18H2,1H3. The maximum atomic E-state index is 6.26. The van der Waals surface area contributed by atoms with Gasteiger partial charge in [0.2, 0.25) is 0 Å². The number of hydrogen-bond acceptors (Lipinski definition) is 3. The fourth-order valence-electron chi connectivity index (χ4n) is 2.91. The molecule has 2 aromatic rings. The number of furan rings is 1. The molecule has 1 aliphatic rings. The van der Waals surface area contributed by atoms with Gasteiger partial charge in [-0.15, -0.1) is 0 Å². The van der Waals surface area contributed by atoms with Crippen LogP contribution in [-0.4, -0.2) is 12.7 Å². The highest BCUT2D eigenvalue weighted by Crippen LogP contribution is 2.27. The van der Waals surface area contributed by atoms with Gasteiger partial charge in [-0.2, -0.15) is 0 Å². The summed E-state index contributed by atoms with van der Waals surface area (Å²) in [5.74, 6) is 0.890. The predicted octanol–water partition coefficient (Wildman–Crippen LogP) is 4.09. The predicted molar refractivity (Wildman–Crippen MR) is 80.7 cm³/mol. The minimum absolute atomic E-state index is 0.0340. The summed E-state index contributed by atoms with van der Waals surface area (Å²) in [7, 11) is 0. The number of ether oxygens (including phenoxy) is 1. The summed E-state index contributed by atoms with van der Waals surface area (Å²) >= 11 is 0. The van der Waals surface area contributed by atoms with E-state index in [9.17, 15) is 0 Å². The first-order valence-corrected chi connectivity index (χ1v) is 7.59. The molecular formula is C17H23NO2. The lowest BCUT2D eigenvalue weighted by atomic mass is 10.0. The Kier molecular flexibility index (Phi) is 4.08. The average Bonchev–Trinajstić information content (AvgIpc) is 2.89. The van der Waals surface area contributed by atoms with Crippen LogP contribution in [0, 0.1) is 6.92 Å². The highest BCUT2D eigenvalue weighted by Gasteiger charge is 2.17. The SMILES string of the molecule is Cc1ccc2oc(C(N)CCC3CCCCO3)cc2c1. The third-order valence-corrected chi connectivity index (χ3v) is 4.13. The van der Waals surface area contributed by atoms with Crippen molar-refractivity contribution in [3.05, 3.63) is 35.6 Å². The molecule has 0 bridgehead atoms. The molecule has 0 amide bonds. The Bertz CT molecular complexity index is 569. The smallest absolute Gasteiger partial charge is 0.134 e. The number of fused-ring (bicyclic) bond motifs is 1. The van der Waals surface area contributed by atoms with Gasteiger partial charge in [0.15, 0.2) is 0 Å². The second-order valence-corrected chi connectivity index (χ2v) is 5.86. The lowest BCUT2D eigenvalue weighted by molar-refractivity contribution is 0.00887. The Balaban J connectivity index is 1.64. The Labute approximate surface area is 120 Å². The molecule has 1 fully saturated rings. The summed E-state index contributed by atoms with van der Waals surface area (Å²) in [6, 6.07) is 8.27. The van der Waals surface area contributed by atoms with Crippen LogP contribution in [0.5, 0.6) is 0 Å². The first-order chi connectivity index (χ1) is 9.72. The Morgan fingerprint density at radius 3 is 3.00 bits per heavy atom. The van der Waals surface area contributed by atoms with E-state index in [0.717, 1.165) is 36.2 Å². The maximum absolute atomic E-state index is 6.26. The Morgan fingerprint density at radius 2 is 2.20 bits per heavy atom. The van der Waals surface area contributed by atoms with Crippen LogP contribution in [0.1, 0.15) is 49.5 Å². The molecular weight excluding hydrogens is 250 g/mol. The van der Waals surface area contributed by atoms with E-state index in [-0.39, 0.29) is 6.04 Å². The van der Waals surface area contributed by atoms with E-state index in [2.05, 4.69) is 25.1 Å². The fourth-order valence-corrected chi connectivity index (χ4v) is 2.91. The van der Waals surface area contributed by atoms with Crippen LogP contribution in [-0.2, 0) is 4.74 Å². The molecule has 1 aromatic carbocycles. The molecule has 2 atom stereocenters. The van der Waals surface area contributed by atoms with Crippen molar-refractivity contribution in [3.63, 3.8) is 0 Å². The van der Waals surface area contributed by atoms with E-state index in [1.807, 2.05) is 6.07 Å². The minimum atomic E-state index is -0.0340. The van der Waals surface area contributed by atoms with Crippen LogP contribution >= 0.6 is 0 Å². The zero-order chi connectivity index (χ0) is 13.9. The number of nitrogens with two attached hydrogens (primary N) is 1. The third-order valence-electron chi connectivity index (χ3n) is 4.13. The molecule has 3 heteroatoms. The van der Waals surface area contributed by atoms with E-state index < -0.39 is 0 Å². The third kappa shape index (κ3) is 3.05. The van der Waals surface area contributed by atoms with Crippen LogP contribution in [0.2, 0.25) is 0 Å². The maximum Gasteiger partial charge on any atom is 0.134 e. The van der Waals surface area contributed by atoms with Gasteiger partial charge >= 0.3 is 0 Å². The monoisotopic (exact) mass is 273 g/mol. The van der Waals surface area contributed by atoms with Crippen molar-refractivity contribution in [2.24, 2.45) is 5.73 Å². The van der Waals surface area contributed by atoms with Gasteiger partial charge in [0.1, 0.15) is 11.3 Å². The molecule has 3 nitrogen and oxygen atoms in total. The van der Waals surface area contributed by atoms with Crippen LogP contribution in [0.15, 0.2) is 28.7 Å². The van der Waals surface area contributed by atoms with E-state index in [0.29, 0.717) is 6.10 Å². The number of benzene rings is 1. The van der Waals surface area contributed by atoms with E-state index in [1.54, 1.807) is 0 Å². The molecule has 2 unspecified atom stereocenters. The van der Waals surface area contributed by atoms with Crippen molar-refractivity contribution in [1.29, 1.82) is 0 Å². The lowest BCUT2D eigenvalue weighted by Crippen LogP contribution is -2.21. The van der Waals surface area contributed by atoms with E-state index in [4.69, 9.17) is 14.9 Å². The summed E-state index contributed by atoms with van der Waals surface area (Å²) in [5.41, 5.74) is 8.44. The van der Waals surface area contributed by atoms with Crippen molar-refractivity contribution in [2.75, 3.05) is 6.61 Å². The van der Waals surface area contributed by atoms with Crippen molar-refractivity contribution in [2.45, 2.75) is 51.2 Å². The van der Waals surface area contributed by atoms with Gasteiger partial charge in [0.25, 0.3) is 0 Å². The van der Waals surface area contributed by atoms with E-state index in [1.165, 1.54) is 24.8 Å². The Morgan fingerprint density at radius 1 is 1.30 bits per heavy atom. The van der Waals surface area contributed by atoms with Crippen molar-refractivity contribution in [1.82, 2.24) is 0 Å². The molecule has 2 heterocycles. The van der Waals surface area contributed by atoms with Crippen LogP contribution < -0.4 is 5.73 Å². The van der Waals surface area contributed by atoms with Gasteiger partial charge in [-0.25, -0.2) is 0 Å². The molecule has 2 N–H and O–H groups in total. The zero-order valence-corrected chi connectivity index (χ0v) is 12.1. The second kappa shape index (κ2) is 5.98. The molecule has 1 saturated heterocycles. The zero-order valence-electron chi connectivity index (χ0n) is 12.1. The highest BCUT2D eigenvalue weighted by atomic mass is 16.5. The highest BCUT2D eigenvalue weighted by molar-refractivity contribution is 5.78. The molecule has 0 radical (unpaired) electrons. The first kappa shape index (κ1) is 13.7. The van der Waals surface area contributed by atoms with Gasteiger partial charge in [-0.05, 0) is 57.2 Å². The number of rotatable bonds is 4. The summed E-state index contributed by atoms with van der Waals surface area (Å²) in [6.07, 6.45) is 5.99. The second-order valence-electron chi connectivity index (χ2n) is 5.86. The molecule has 1 aromatic heterocycles. The molecule has 0 saturated carbocycles. The first-order valence-electron chi connectivity index (χ1n) is 7.59. The molecule has 0 aliphatic carbocycles. The molecule has 1 aliphatic heterocycles. The molecule has 0 spiro atoms. The molecule has 3 rings (SSSR count). The minimum Gasteiger partial charge on any atom is -0.459 e. The normalized spacial score (nSPS) is 21.2. The van der Waals surface area contributed by atoms with Gasteiger partial charge < -0.3 is 14.9 Å². The number of aryl methyl sites for hydroxylation is 1. The quantitative estimate of drug-likeness (QED) is 0.912. The van der Waals surface area contributed by atoms with Crippen molar-refractivity contribution in [3.8, 4) is 0 Å². The molecule has 108 valence electrons. The van der Waals surface area contributed by atoms with Gasteiger partial charge in [-0.1, -0.05) is 11.6 Å². The fraction of sp³-hybridized carbons (Fsp3) is 0.529. The summed E-state index contributed by atoms with van der Waals surface area (Å²) in [5, 5.41) is 1.14. The van der Waals surface area contributed by atoms with Crippen LogP contribution in [0.3, 0.4) is 0 Å². The van der Waals surface area contributed by atoms with Gasteiger partial charge in [-0.3, -0.25) is 0 Å². The van der Waals surface area contributed by atoms with Crippen LogP contribution in [0.25, 0.3) is 11.0 Å². The largest absolute Gasteiger partial charge is 0.459 e.